The summed E-state index contributed by atoms with van der Waals surface area (Å²) in [6.45, 7) is 3.34. The molecule has 0 amide bonds. The van der Waals surface area contributed by atoms with E-state index in [2.05, 4.69) is 0 Å². The summed E-state index contributed by atoms with van der Waals surface area (Å²) in [6.07, 6.45) is 0. The van der Waals surface area contributed by atoms with Crippen LogP contribution in [0.3, 0.4) is 0 Å². The molecule has 1 aromatic carbocycles. The maximum atomic E-state index is 11.9. The molecule has 0 saturated heterocycles. The zero-order valence-electron chi connectivity index (χ0n) is 9.10. The predicted molar refractivity (Wildman–Crippen MR) is 63.3 cm³/mol. The van der Waals surface area contributed by atoms with E-state index in [1.165, 1.54) is 12.1 Å². The fourth-order valence-corrected chi connectivity index (χ4v) is 3.13. The highest BCUT2D eigenvalue weighted by atomic mass is 35.5. The van der Waals surface area contributed by atoms with Crippen LogP contribution in [-0.4, -0.2) is 20.0 Å². The normalized spacial score (nSPS) is 11.8. The van der Waals surface area contributed by atoms with Crippen molar-refractivity contribution in [3.63, 3.8) is 0 Å². The number of hydrogen-bond donors (Lipinski definition) is 0. The molecule has 0 unspecified atom stereocenters. The van der Waals surface area contributed by atoms with E-state index in [1.807, 2.05) is 0 Å². The van der Waals surface area contributed by atoms with E-state index in [9.17, 15) is 13.2 Å². The maximum absolute atomic E-state index is 11.9. The number of carbonyl (C=O) groups excluding carboxylic acids is 1. The van der Waals surface area contributed by atoms with E-state index in [1.54, 1.807) is 26.0 Å². The highest BCUT2D eigenvalue weighted by Crippen LogP contribution is 2.22. The Hall–Kier alpha value is -0.870. The second-order valence-electron chi connectivity index (χ2n) is 3.81. The molecule has 1 aromatic rings. The molecule has 0 saturated carbocycles. The van der Waals surface area contributed by atoms with Gasteiger partial charge >= 0.3 is 0 Å². The van der Waals surface area contributed by atoms with Gasteiger partial charge in [-0.25, -0.2) is 8.42 Å². The molecule has 0 spiro atoms. The minimum atomic E-state index is -3.62. The highest BCUT2D eigenvalue weighted by molar-refractivity contribution is 7.92. The van der Waals surface area contributed by atoms with E-state index < -0.39 is 15.6 Å². The second-order valence-corrected chi connectivity index (χ2v) is 6.18. The van der Waals surface area contributed by atoms with Crippen molar-refractivity contribution in [2.75, 3.05) is 5.75 Å². The molecule has 0 radical (unpaired) electrons. The lowest BCUT2D eigenvalue weighted by Crippen LogP contribution is -2.20. The summed E-state index contributed by atoms with van der Waals surface area (Å²) in [5.74, 6) is -1.09. The monoisotopic (exact) mass is 260 g/mol. The average molecular weight is 261 g/mol. The van der Waals surface area contributed by atoms with Crippen LogP contribution in [0.2, 0.25) is 5.02 Å². The Bertz CT molecular complexity index is 492. The third kappa shape index (κ3) is 3.06. The Balaban J connectivity index is 3.05. The van der Waals surface area contributed by atoms with Crippen molar-refractivity contribution in [1.82, 2.24) is 0 Å². The molecule has 5 heteroatoms. The van der Waals surface area contributed by atoms with Gasteiger partial charge in [0.2, 0.25) is 0 Å². The zero-order valence-corrected chi connectivity index (χ0v) is 10.7. The largest absolute Gasteiger partial charge is 0.298 e. The average Bonchev–Trinajstić information content (AvgIpc) is 2.17. The Morgan fingerprint density at radius 2 is 1.88 bits per heavy atom. The molecule has 1 rings (SSSR count). The van der Waals surface area contributed by atoms with Crippen LogP contribution in [0.1, 0.15) is 13.8 Å². The van der Waals surface area contributed by atoms with Crippen LogP contribution in [0.5, 0.6) is 0 Å². The predicted octanol–water partition coefficient (Wildman–Crippen LogP) is 2.34. The Morgan fingerprint density at radius 3 is 2.38 bits per heavy atom. The van der Waals surface area contributed by atoms with E-state index >= 15 is 0 Å². The maximum Gasteiger partial charge on any atom is 0.186 e. The number of carbonyl (C=O) groups is 1. The van der Waals surface area contributed by atoms with Crippen LogP contribution in [0.15, 0.2) is 29.2 Å². The molecular weight excluding hydrogens is 248 g/mol. The van der Waals surface area contributed by atoms with Crippen LogP contribution < -0.4 is 0 Å². The molecule has 88 valence electrons. The Kier molecular flexibility index (Phi) is 4.10. The summed E-state index contributed by atoms with van der Waals surface area (Å²) < 4.78 is 23.7. The van der Waals surface area contributed by atoms with Gasteiger partial charge in [-0.3, -0.25) is 4.79 Å². The minimum absolute atomic E-state index is 0.0191. The van der Waals surface area contributed by atoms with Crippen molar-refractivity contribution in [1.29, 1.82) is 0 Å². The van der Waals surface area contributed by atoms with Gasteiger partial charge in [0.15, 0.2) is 15.6 Å². The summed E-state index contributed by atoms with van der Waals surface area (Å²) in [7, 11) is -3.62. The highest BCUT2D eigenvalue weighted by Gasteiger charge is 2.22. The second kappa shape index (κ2) is 4.97. The third-order valence-electron chi connectivity index (χ3n) is 2.15. The lowest BCUT2D eigenvalue weighted by Gasteiger charge is -2.07. The number of sulfone groups is 1. The van der Waals surface area contributed by atoms with Gasteiger partial charge in [0.25, 0.3) is 0 Å². The van der Waals surface area contributed by atoms with Crippen molar-refractivity contribution in [2.24, 2.45) is 5.92 Å². The lowest BCUT2D eigenvalue weighted by atomic mass is 10.1. The molecule has 3 nitrogen and oxygen atoms in total. The first kappa shape index (κ1) is 13.2. The molecule has 0 bridgehead atoms. The smallest absolute Gasteiger partial charge is 0.186 e. The topological polar surface area (TPSA) is 51.2 Å². The van der Waals surface area contributed by atoms with Gasteiger partial charge in [-0.2, -0.15) is 0 Å². The summed E-state index contributed by atoms with van der Waals surface area (Å²) >= 11 is 5.78. The van der Waals surface area contributed by atoms with Gasteiger partial charge in [0, 0.05) is 5.92 Å². The van der Waals surface area contributed by atoms with Crippen LogP contribution in [0.4, 0.5) is 0 Å². The first-order valence-electron chi connectivity index (χ1n) is 4.84. The fraction of sp³-hybridized carbons (Fsp3) is 0.364. The van der Waals surface area contributed by atoms with Gasteiger partial charge < -0.3 is 0 Å². The number of rotatable bonds is 4. The van der Waals surface area contributed by atoms with Gasteiger partial charge in [-0.1, -0.05) is 37.6 Å². The van der Waals surface area contributed by atoms with Crippen LogP contribution >= 0.6 is 11.6 Å². The quantitative estimate of drug-likeness (QED) is 0.835. The van der Waals surface area contributed by atoms with Crippen LogP contribution in [0, 0.1) is 5.92 Å². The molecule has 0 heterocycles. The molecule has 0 aliphatic carbocycles. The van der Waals surface area contributed by atoms with E-state index in [4.69, 9.17) is 11.6 Å². The van der Waals surface area contributed by atoms with Crippen LogP contribution in [0.25, 0.3) is 0 Å². The van der Waals surface area contributed by atoms with Gasteiger partial charge in [-0.15, -0.1) is 0 Å². The Labute approximate surface area is 100 Å². The third-order valence-corrected chi connectivity index (χ3v) is 4.28. The summed E-state index contributed by atoms with van der Waals surface area (Å²) in [6, 6.07) is 6.13. The number of ketones is 1. The molecule has 0 aliphatic heterocycles. The number of benzene rings is 1. The fourth-order valence-electron chi connectivity index (χ4n) is 1.13. The van der Waals surface area contributed by atoms with Gasteiger partial charge in [0.05, 0.1) is 9.92 Å². The summed E-state index contributed by atoms with van der Waals surface area (Å²) in [5.41, 5.74) is 0. The SMILES string of the molecule is CC(C)C(=O)CS(=O)(=O)c1ccccc1Cl. The molecule has 0 N–H and O–H groups in total. The molecule has 16 heavy (non-hydrogen) atoms. The van der Waals surface area contributed by atoms with Crippen molar-refractivity contribution >= 4 is 27.2 Å². The van der Waals surface area contributed by atoms with E-state index in [-0.39, 0.29) is 21.6 Å². The molecule has 0 aliphatic rings. The van der Waals surface area contributed by atoms with Gasteiger partial charge in [-0.05, 0) is 12.1 Å². The summed E-state index contributed by atoms with van der Waals surface area (Å²) in [5, 5.41) is 0.152. The summed E-state index contributed by atoms with van der Waals surface area (Å²) in [4.78, 5) is 11.4. The van der Waals surface area contributed by atoms with Crippen LogP contribution in [-0.2, 0) is 14.6 Å². The number of hydrogen-bond acceptors (Lipinski definition) is 3. The minimum Gasteiger partial charge on any atom is -0.298 e. The van der Waals surface area contributed by atoms with Crippen molar-refractivity contribution in [3.05, 3.63) is 29.3 Å². The molecule has 0 atom stereocenters. The first-order valence-corrected chi connectivity index (χ1v) is 6.87. The van der Waals surface area contributed by atoms with E-state index in [0.717, 1.165) is 0 Å². The first-order chi connectivity index (χ1) is 7.34. The lowest BCUT2D eigenvalue weighted by molar-refractivity contribution is -0.119. The standard InChI is InChI=1S/C11H13ClO3S/c1-8(2)10(13)7-16(14,15)11-6-4-3-5-9(11)12/h3-6,8H,7H2,1-2H3. The number of halogens is 1. The number of Topliss-reactive ketones (excluding diaryl/α,β-unsaturated/α-hetero) is 1. The van der Waals surface area contributed by atoms with Crippen molar-refractivity contribution in [3.8, 4) is 0 Å². The molecule has 0 aromatic heterocycles. The van der Waals surface area contributed by atoms with Crippen molar-refractivity contribution in [2.45, 2.75) is 18.7 Å². The zero-order chi connectivity index (χ0) is 12.3. The Morgan fingerprint density at radius 1 is 1.31 bits per heavy atom. The van der Waals surface area contributed by atoms with E-state index in [0.29, 0.717) is 0 Å². The molecule has 0 fully saturated rings. The van der Waals surface area contributed by atoms with Gasteiger partial charge in [0.1, 0.15) is 5.75 Å². The van der Waals surface area contributed by atoms with Crippen molar-refractivity contribution < 1.29 is 13.2 Å². The molecular formula is C11H13ClO3S.